The second kappa shape index (κ2) is 5.56. The number of fused-ring (bicyclic) bond motifs is 1. The quantitative estimate of drug-likeness (QED) is 0.898. The molecule has 0 saturated heterocycles. The Bertz CT molecular complexity index is 702. The van der Waals surface area contributed by atoms with Crippen molar-refractivity contribution < 1.29 is 9.53 Å². The van der Waals surface area contributed by atoms with Crippen molar-refractivity contribution in [2.24, 2.45) is 0 Å². The van der Waals surface area contributed by atoms with Gasteiger partial charge in [-0.05, 0) is 37.4 Å². The van der Waals surface area contributed by atoms with Crippen molar-refractivity contribution in [3.8, 4) is 11.5 Å². The molecule has 4 nitrogen and oxygen atoms in total. The van der Waals surface area contributed by atoms with Gasteiger partial charge in [-0.1, -0.05) is 23.2 Å². The number of benzene rings is 2. The first-order valence-electron chi connectivity index (χ1n) is 6.33. The zero-order valence-electron chi connectivity index (χ0n) is 11.1. The molecule has 108 valence electrons. The molecule has 2 aromatic rings. The van der Waals surface area contributed by atoms with Gasteiger partial charge < -0.3 is 15.4 Å². The molecule has 0 aliphatic carbocycles. The maximum absolute atomic E-state index is 11.8. The van der Waals surface area contributed by atoms with Gasteiger partial charge in [-0.15, -0.1) is 0 Å². The molecule has 0 aromatic heterocycles. The molecule has 1 aliphatic rings. The topological polar surface area (TPSA) is 50.4 Å². The first kappa shape index (κ1) is 14.2. The molecule has 0 saturated carbocycles. The SMILES string of the molecule is CNC1C(=O)Nc2cc(Oc3ccc(Cl)cc3)c(Cl)cc21. The van der Waals surface area contributed by atoms with Crippen LogP contribution in [0.4, 0.5) is 5.69 Å². The third-order valence-electron chi connectivity index (χ3n) is 3.27. The lowest BCUT2D eigenvalue weighted by Crippen LogP contribution is -2.23. The fourth-order valence-electron chi connectivity index (χ4n) is 2.26. The van der Waals surface area contributed by atoms with E-state index in [2.05, 4.69) is 10.6 Å². The number of hydrogen-bond acceptors (Lipinski definition) is 3. The summed E-state index contributed by atoms with van der Waals surface area (Å²) >= 11 is 12.1. The van der Waals surface area contributed by atoms with E-state index in [9.17, 15) is 4.79 Å². The second-order valence-electron chi connectivity index (χ2n) is 4.64. The van der Waals surface area contributed by atoms with Crippen LogP contribution in [0, 0.1) is 0 Å². The Hall–Kier alpha value is -1.75. The van der Waals surface area contributed by atoms with Gasteiger partial charge in [0.15, 0.2) is 0 Å². The second-order valence-corrected chi connectivity index (χ2v) is 5.48. The van der Waals surface area contributed by atoms with Crippen LogP contribution in [0.5, 0.6) is 11.5 Å². The Labute approximate surface area is 132 Å². The summed E-state index contributed by atoms with van der Waals surface area (Å²) in [6, 6.07) is 10.0. The Morgan fingerprint density at radius 2 is 1.90 bits per heavy atom. The van der Waals surface area contributed by atoms with Crippen LogP contribution in [0.2, 0.25) is 10.0 Å². The number of nitrogens with one attached hydrogen (secondary N) is 2. The number of carbonyl (C=O) groups excluding carboxylic acids is 1. The standard InChI is InChI=1S/C15H12Cl2N2O2/c1-18-14-10-6-11(17)13(7-12(10)19-15(14)20)21-9-4-2-8(16)3-5-9/h2-7,14,18H,1H3,(H,19,20). The first-order valence-corrected chi connectivity index (χ1v) is 7.09. The Balaban J connectivity index is 1.93. The van der Waals surface area contributed by atoms with E-state index >= 15 is 0 Å². The molecule has 0 fully saturated rings. The summed E-state index contributed by atoms with van der Waals surface area (Å²) in [5, 5.41) is 6.82. The van der Waals surface area contributed by atoms with Gasteiger partial charge in [0.2, 0.25) is 5.91 Å². The average molecular weight is 323 g/mol. The van der Waals surface area contributed by atoms with Gasteiger partial charge in [0.1, 0.15) is 17.5 Å². The predicted molar refractivity (Wildman–Crippen MR) is 83.4 cm³/mol. The van der Waals surface area contributed by atoms with Gasteiger partial charge >= 0.3 is 0 Å². The summed E-state index contributed by atoms with van der Waals surface area (Å²) < 4.78 is 5.73. The highest BCUT2D eigenvalue weighted by Gasteiger charge is 2.30. The molecule has 0 spiro atoms. The lowest BCUT2D eigenvalue weighted by atomic mass is 10.1. The van der Waals surface area contributed by atoms with Crippen LogP contribution in [0.25, 0.3) is 0 Å². The molecule has 1 atom stereocenters. The van der Waals surface area contributed by atoms with Crippen molar-refractivity contribution in [1.29, 1.82) is 0 Å². The highest BCUT2D eigenvalue weighted by Crippen LogP contribution is 2.40. The first-order chi connectivity index (χ1) is 10.1. The summed E-state index contributed by atoms with van der Waals surface area (Å²) in [4.78, 5) is 11.8. The summed E-state index contributed by atoms with van der Waals surface area (Å²) in [5.41, 5.74) is 1.52. The van der Waals surface area contributed by atoms with Gasteiger partial charge in [0, 0.05) is 22.3 Å². The maximum Gasteiger partial charge on any atom is 0.246 e. The molecule has 6 heteroatoms. The third kappa shape index (κ3) is 2.70. The smallest absolute Gasteiger partial charge is 0.246 e. The van der Waals surface area contributed by atoms with Crippen LogP contribution in [0.3, 0.4) is 0 Å². The Morgan fingerprint density at radius 3 is 2.57 bits per heavy atom. The zero-order chi connectivity index (χ0) is 15.0. The van der Waals surface area contributed by atoms with E-state index in [0.29, 0.717) is 27.2 Å². The number of ether oxygens (including phenoxy) is 1. The molecule has 1 unspecified atom stereocenters. The number of halogens is 2. The minimum absolute atomic E-state index is 0.104. The van der Waals surface area contributed by atoms with Gasteiger partial charge in [-0.2, -0.15) is 0 Å². The van der Waals surface area contributed by atoms with E-state index in [1.165, 1.54) is 0 Å². The normalized spacial score (nSPS) is 16.5. The van der Waals surface area contributed by atoms with Crippen molar-refractivity contribution in [3.63, 3.8) is 0 Å². The van der Waals surface area contributed by atoms with E-state index in [0.717, 1.165) is 5.56 Å². The molecule has 1 heterocycles. The lowest BCUT2D eigenvalue weighted by molar-refractivity contribution is -0.117. The molecular weight excluding hydrogens is 311 g/mol. The van der Waals surface area contributed by atoms with Crippen molar-refractivity contribution in [3.05, 3.63) is 52.0 Å². The number of likely N-dealkylation sites (N-methyl/N-ethyl adjacent to an activating group) is 1. The van der Waals surface area contributed by atoms with Crippen LogP contribution >= 0.6 is 23.2 Å². The van der Waals surface area contributed by atoms with Gasteiger partial charge in [0.05, 0.1) is 5.02 Å². The van der Waals surface area contributed by atoms with Crippen molar-refractivity contribution in [2.45, 2.75) is 6.04 Å². The molecule has 21 heavy (non-hydrogen) atoms. The molecule has 0 bridgehead atoms. The predicted octanol–water partition coefficient (Wildman–Crippen LogP) is 4.00. The van der Waals surface area contributed by atoms with Crippen molar-refractivity contribution >= 4 is 34.8 Å². The van der Waals surface area contributed by atoms with Crippen LogP contribution in [0.15, 0.2) is 36.4 Å². The van der Waals surface area contributed by atoms with Gasteiger partial charge in [-0.3, -0.25) is 4.79 Å². The van der Waals surface area contributed by atoms with Crippen molar-refractivity contribution in [2.75, 3.05) is 12.4 Å². The largest absolute Gasteiger partial charge is 0.456 e. The van der Waals surface area contributed by atoms with E-state index in [1.54, 1.807) is 43.4 Å². The minimum atomic E-state index is -0.387. The maximum atomic E-state index is 11.8. The molecule has 1 amide bonds. The van der Waals surface area contributed by atoms with Crippen LogP contribution in [0.1, 0.15) is 11.6 Å². The fraction of sp³-hybridized carbons (Fsp3) is 0.133. The van der Waals surface area contributed by atoms with Crippen molar-refractivity contribution in [1.82, 2.24) is 5.32 Å². The lowest BCUT2D eigenvalue weighted by Gasteiger charge is -2.11. The molecular formula is C15H12Cl2N2O2. The van der Waals surface area contributed by atoms with Gasteiger partial charge in [0.25, 0.3) is 0 Å². The highest BCUT2D eigenvalue weighted by molar-refractivity contribution is 6.32. The monoisotopic (exact) mass is 322 g/mol. The van der Waals surface area contributed by atoms with E-state index in [4.69, 9.17) is 27.9 Å². The van der Waals surface area contributed by atoms with E-state index in [1.807, 2.05) is 0 Å². The van der Waals surface area contributed by atoms with Gasteiger partial charge in [-0.25, -0.2) is 0 Å². The summed E-state index contributed by atoms with van der Waals surface area (Å²) in [5.74, 6) is 0.998. The number of carbonyl (C=O) groups is 1. The number of amides is 1. The number of rotatable bonds is 3. The average Bonchev–Trinajstić information content (AvgIpc) is 2.76. The van der Waals surface area contributed by atoms with Crippen LogP contribution in [-0.4, -0.2) is 13.0 Å². The summed E-state index contributed by atoms with van der Waals surface area (Å²) in [6.45, 7) is 0. The molecule has 2 N–H and O–H groups in total. The number of hydrogen-bond donors (Lipinski definition) is 2. The molecule has 2 aromatic carbocycles. The van der Waals surface area contributed by atoms with Crippen LogP contribution in [-0.2, 0) is 4.79 Å². The molecule has 1 aliphatic heterocycles. The zero-order valence-corrected chi connectivity index (χ0v) is 12.6. The molecule has 0 radical (unpaired) electrons. The highest BCUT2D eigenvalue weighted by atomic mass is 35.5. The van der Waals surface area contributed by atoms with Crippen LogP contribution < -0.4 is 15.4 Å². The third-order valence-corrected chi connectivity index (χ3v) is 3.81. The summed E-state index contributed by atoms with van der Waals surface area (Å²) in [7, 11) is 1.73. The minimum Gasteiger partial charge on any atom is -0.456 e. The Kier molecular flexibility index (Phi) is 3.76. The summed E-state index contributed by atoms with van der Waals surface area (Å²) in [6.07, 6.45) is 0. The fourth-order valence-corrected chi connectivity index (χ4v) is 2.59. The van der Waals surface area contributed by atoms with E-state index < -0.39 is 0 Å². The number of anilines is 1. The molecule has 3 rings (SSSR count). The Morgan fingerprint density at radius 1 is 1.19 bits per heavy atom. The van der Waals surface area contributed by atoms with E-state index in [-0.39, 0.29) is 11.9 Å².